The van der Waals surface area contributed by atoms with Crippen LogP contribution in [0.2, 0.25) is 5.02 Å². The number of nitrogens with one attached hydrogen (secondary N) is 2. The topological polar surface area (TPSA) is 148 Å². The van der Waals surface area contributed by atoms with E-state index in [4.69, 9.17) is 16.3 Å². The Hall–Kier alpha value is -2.94. The smallest absolute Gasteiger partial charge is 0.229 e. The standard InChI is InChI=1S/C25H32ClN7O5S2/c1-15(2)40(36,37)24-21(14-32(3)31-24)28-23-19(26)12-27-25(30-23)29-20-8-5-16(11-22(20)38-18-6-7-18)17-9-10-33(13-17)39(4,34)35/h5,8,11-12,14-15,17-18H,6-7,9-10,13H2,1-4H3,(H2,27,28,29,30). The molecule has 0 spiro atoms. The summed E-state index contributed by atoms with van der Waals surface area (Å²) in [5.41, 5.74) is 1.90. The minimum absolute atomic E-state index is 0.0729. The minimum atomic E-state index is -3.66. The quantitative estimate of drug-likeness (QED) is 0.347. The SMILES string of the molecule is CC(C)S(=O)(=O)c1nn(C)cc1Nc1nc(Nc2ccc(C3CCN(S(C)(=O)=O)C3)cc2OC2CC2)ncc1Cl. The van der Waals surface area contributed by atoms with E-state index in [9.17, 15) is 16.8 Å². The van der Waals surface area contributed by atoms with Crippen molar-refractivity contribution >= 4 is 54.6 Å². The van der Waals surface area contributed by atoms with Crippen molar-refractivity contribution in [1.29, 1.82) is 0 Å². The largest absolute Gasteiger partial charge is 0.488 e. The van der Waals surface area contributed by atoms with Gasteiger partial charge in [-0.1, -0.05) is 17.7 Å². The molecule has 3 heterocycles. The number of ether oxygens (including phenoxy) is 1. The van der Waals surface area contributed by atoms with Crippen LogP contribution in [0.1, 0.15) is 44.6 Å². The number of sulfonamides is 1. The van der Waals surface area contributed by atoms with Gasteiger partial charge in [-0.05, 0) is 56.7 Å². The van der Waals surface area contributed by atoms with Gasteiger partial charge in [-0.15, -0.1) is 0 Å². The van der Waals surface area contributed by atoms with Crippen LogP contribution >= 0.6 is 11.6 Å². The average Bonchev–Trinajstić information content (AvgIpc) is 3.39. The zero-order chi connectivity index (χ0) is 28.8. The molecule has 2 aromatic heterocycles. The number of nitrogens with zero attached hydrogens (tertiary/aromatic N) is 5. The highest BCUT2D eigenvalue weighted by Gasteiger charge is 2.31. The van der Waals surface area contributed by atoms with E-state index in [1.54, 1.807) is 27.1 Å². The van der Waals surface area contributed by atoms with Crippen LogP contribution in [0.15, 0.2) is 35.6 Å². The Kier molecular flexibility index (Phi) is 7.72. The molecule has 15 heteroatoms. The second-order valence-electron chi connectivity index (χ2n) is 10.4. The monoisotopic (exact) mass is 609 g/mol. The first-order valence-corrected chi connectivity index (χ1v) is 16.7. The third-order valence-electron chi connectivity index (χ3n) is 6.84. The number of aryl methyl sites for hydroxylation is 1. The van der Waals surface area contributed by atoms with E-state index in [0.717, 1.165) is 24.8 Å². The Morgan fingerprint density at radius 1 is 1.10 bits per heavy atom. The second kappa shape index (κ2) is 10.8. The van der Waals surface area contributed by atoms with Crippen molar-refractivity contribution in [3.05, 3.63) is 41.2 Å². The summed E-state index contributed by atoms with van der Waals surface area (Å²) in [7, 11) is -5.27. The summed E-state index contributed by atoms with van der Waals surface area (Å²) in [4.78, 5) is 8.78. The van der Waals surface area contributed by atoms with Crippen LogP contribution in [-0.4, -0.2) is 71.6 Å². The van der Waals surface area contributed by atoms with Gasteiger partial charge in [0.15, 0.2) is 5.82 Å². The van der Waals surface area contributed by atoms with Gasteiger partial charge in [-0.25, -0.2) is 26.1 Å². The fourth-order valence-electron chi connectivity index (χ4n) is 4.41. The lowest BCUT2D eigenvalue weighted by Crippen LogP contribution is -2.27. The van der Waals surface area contributed by atoms with E-state index < -0.39 is 25.1 Å². The third kappa shape index (κ3) is 6.19. The summed E-state index contributed by atoms with van der Waals surface area (Å²) in [6.07, 6.45) is 7.00. The van der Waals surface area contributed by atoms with Crippen molar-refractivity contribution < 1.29 is 21.6 Å². The van der Waals surface area contributed by atoms with Crippen LogP contribution in [0.5, 0.6) is 5.75 Å². The molecule has 1 unspecified atom stereocenters. The number of halogens is 1. The predicted molar refractivity (Wildman–Crippen MR) is 153 cm³/mol. The van der Waals surface area contributed by atoms with Gasteiger partial charge >= 0.3 is 0 Å². The van der Waals surface area contributed by atoms with E-state index in [0.29, 0.717) is 24.5 Å². The summed E-state index contributed by atoms with van der Waals surface area (Å²) in [6, 6.07) is 5.77. The molecule has 40 heavy (non-hydrogen) atoms. The Morgan fingerprint density at radius 3 is 2.50 bits per heavy atom. The second-order valence-corrected chi connectivity index (χ2v) is 15.2. The first kappa shape index (κ1) is 28.6. The van der Waals surface area contributed by atoms with Crippen molar-refractivity contribution in [1.82, 2.24) is 24.1 Å². The molecule has 1 aromatic carbocycles. The average molecular weight is 610 g/mol. The number of benzene rings is 1. The molecular weight excluding hydrogens is 578 g/mol. The maximum atomic E-state index is 12.8. The Labute approximate surface area is 239 Å². The fourth-order valence-corrected chi connectivity index (χ4v) is 6.54. The molecule has 2 fully saturated rings. The molecule has 3 aromatic rings. The van der Waals surface area contributed by atoms with E-state index in [1.807, 2.05) is 18.2 Å². The summed E-state index contributed by atoms with van der Waals surface area (Å²) in [6.45, 7) is 4.11. The van der Waals surface area contributed by atoms with Crippen LogP contribution in [0.3, 0.4) is 0 Å². The van der Waals surface area contributed by atoms with Crippen LogP contribution in [0.25, 0.3) is 0 Å². The van der Waals surface area contributed by atoms with E-state index in [-0.39, 0.29) is 39.5 Å². The summed E-state index contributed by atoms with van der Waals surface area (Å²) >= 11 is 6.37. The maximum absolute atomic E-state index is 12.8. The number of sulfone groups is 1. The van der Waals surface area contributed by atoms with Crippen molar-refractivity contribution in [2.24, 2.45) is 7.05 Å². The Morgan fingerprint density at radius 2 is 1.85 bits per heavy atom. The molecule has 1 atom stereocenters. The predicted octanol–water partition coefficient (Wildman–Crippen LogP) is 3.82. The van der Waals surface area contributed by atoms with Crippen LogP contribution < -0.4 is 15.4 Å². The molecule has 5 rings (SSSR count). The number of hydrogen-bond acceptors (Lipinski definition) is 10. The molecule has 2 aliphatic rings. The van der Waals surface area contributed by atoms with E-state index >= 15 is 0 Å². The highest BCUT2D eigenvalue weighted by molar-refractivity contribution is 7.92. The van der Waals surface area contributed by atoms with Gasteiger partial charge in [0.1, 0.15) is 10.8 Å². The summed E-state index contributed by atoms with van der Waals surface area (Å²) in [5, 5.41) is 9.77. The highest BCUT2D eigenvalue weighted by Crippen LogP contribution is 2.38. The number of rotatable bonds is 10. The van der Waals surface area contributed by atoms with E-state index in [1.165, 1.54) is 21.4 Å². The van der Waals surface area contributed by atoms with Crippen LogP contribution in [0.4, 0.5) is 23.1 Å². The van der Waals surface area contributed by atoms with Gasteiger partial charge in [0.25, 0.3) is 0 Å². The minimum Gasteiger partial charge on any atom is -0.488 e. The lowest BCUT2D eigenvalue weighted by Gasteiger charge is -2.17. The van der Waals surface area contributed by atoms with E-state index in [2.05, 4.69) is 25.7 Å². The van der Waals surface area contributed by atoms with Gasteiger partial charge in [-0.3, -0.25) is 4.68 Å². The first-order chi connectivity index (χ1) is 18.8. The van der Waals surface area contributed by atoms with Gasteiger partial charge in [0, 0.05) is 26.3 Å². The molecule has 2 N–H and O–H groups in total. The van der Waals surface area contributed by atoms with Crippen molar-refractivity contribution in [3.8, 4) is 5.75 Å². The zero-order valence-electron chi connectivity index (χ0n) is 22.6. The molecule has 0 radical (unpaired) electrons. The number of hydrogen-bond donors (Lipinski definition) is 2. The Balaban J connectivity index is 1.40. The number of aromatic nitrogens is 4. The van der Waals surface area contributed by atoms with Crippen LogP contribution in [0, 0.1) is 0 Å². The van der Waals surface area contributed by atoms with Gasteiger partial charge < -0.3 is 15.4 Å². The normalized spacial score (nSPS) is 18.3. The van der Waals surface area contributed by atoms with Crippen molar-refractivity contribution in [3.63, 3.8) is 0 Å². The summed E-state index contributed by atoms with van der Waals surface area (Å²) < 4.78 is 58.7. The maximum Gasteiger partial charge on any atom is 0.229 e. The summed E-state index contributed by atoms with van der Waals surface area (Å²) in [5.74, 6) is 1.13. The molecule has 216 valence electrons. The van der Waals surface area contributed by atoms with Crippen LogP contribution in [-0.2, 0) is 26.9 Å². The molecule has 12 nitrogen and oxygen atoms in total. The molecule has 1 aliphatic carbocycles. The fraction of sp³-hybridized carbons (Fsp3) is 0.480. The van der Waals surface area contributed by atoms with Crippen molar-refractivity contribution in [2.75, 3.05) is 30.0 Å². The van der Waals surface area contributed by atoms with Gasteiger partial charge in [0.2, 0.25) is 30.8 Å². The molecule has 0 bridgehead atoms. The number of anilines is 4. The lowest BCUT2D eigenvalue weighted by molar-refractivity contribution is 0.304. The molecule has 1 aliphatic heterocycles. The van der Waals surface area contributed by atoms with Gasteiger partial charge in [0.05, 0.1) is 35.2 Å². The third-order valence-corrected chi connectivity index (χ3v) is 10.5. The van der Waals surface area contributed by atoms with Gasteiger partial charge in [-0.2, -0.15) is 10.1 Å². The molecule has 1 saturated heterocycles. The zero-order valence-corrected chi connectivity index (χ0v) is 25.0. The van der Waals surface area contributed by atoms with Crippen molar-refractivity contribution in [2.45, 2.75) is 55.4 Å². The lowest BCUT2D eigenvalue weighted by atomic mass is 9.98. The first-order valence-electron chi connectivity index (χ1n) is 12.9. The highest BCUT2D eigenvalue weighted by atomic mass is 35.5. The molecule has 1 saturated carbocycles. The molecule has 0 amide bonds. The molecular formula is C25H32ClN7O5S2. The Bertz CT molecular complexity index is 1640.